The van der Waals surface area contributed by atoms with E-state index in [0.717, 1.165) is 36.3 Å². The highest BCUT2D eigenvalue weighted by Gasteiger charge is 2.21. The molecule has 1 fully saturated rings. The molecular weight excluding hydrogens is 400 g/mol. The summed E-state index contributed by atoms with van der Waals surface area (Å²) in [6.07, 6.45) is 5.39. The second kappa shape index (κ2) is 10.3. The summed E-state index contributed by atoms with van der Waals surface area (Å²) in [6.45, 7) is 1.81. The zero-order chi connectivity index (χ0) is 21.5. The first-order valence-corrected chi connectivity index (χ1v) is 11.0. The van der Waals surface area contributed by atoms with E-state index in [0.29, 0.717) is 5.69 Å². The molecule has 0 aliphatic heterocycles. The van der Waals surface area contributed by atoms with Gasteiger partial charge in [-0.05, 0) is 68.3 Å². The third kappa shape index (κ3) is 6.10. The number of hydrogen-bond acceptors (Lipinski definition) is 4. The Morgan fingerprint density at radius 3 is 2.07 bits per heavy atom. The van der Waals surface area contributed by atoms with Crippen molar-refractivity contribution in [1.82, 2.24) is 0 Å². The van der Waals surface area contributed by atoms with Crippen LogP contribution in [0.1, 0.15) is 49.4 Å². The van der Waals surface area contributed by atoms with Crippen molar-refractivity contribution >= 4 is 40.9 Å². The lowest BCUT2D eigenvalue weighted by atomic mass is 9.88. The molecule has 2 aromatic rings. The molecule has 1 unspecified atom stereocenters. The Bertz CT molecular complexity index is 890. The Labute approximate surface area is 180 Å². The molecular formula is C23H26N2O4S. The lowest BCUT2D eigenvalue weighted by molar-refractivity contribution is -0.120. The quantitative estimate of drug-likeness (QED) is 0.540. The van der Waals surface area contributed by atoms with Crippen LogP contribution in [0.25, 0.3) is 0 Å². The van der Waals surface area contributed by atoms with Gasteiger partial charge in [0.2, 0.25) is 11.8 Å². The van der Waals surface area contributed by atoms with E-state index in [4.69, 9.17) is 5.11 Å². The molecule has 1 atom stereocenters. The SMILES string of the molecule is CC(Sc1ccc(NC(=O)C2CCCCC2)cc1)C(=O)Nc1ccc(C(=O)O)cc1. The van der Waals surface area contributed by atoms with Gasteiger partial charge in [0.05, 0.1) is 10.8 Å². The number of benzene rings is 2. The lowest BCUT2D eigenvalue weighted by Crippen LogP contribution is -2.24. The van der Waals surface area contributed by atoms with E-state index in [1.54, 1.807) is 12.1 Å². The Morgan fingerprint density at radius 1 is 0.900 bits per heavy atom. The molecule has 2 aromatic carbocycles. The third-order valence-corrected chi connectivity index (χ3v) is 6.29. The van der Waals surface area contributed by atoms with E-state index in [-0.39, 0.29) is 28.5 Å². The van der Waals surface area contributed by atoms with Gasteiger partial charge >= 0.3 is 5.97 Å². The fourth-order valence-electron chi connectivity index (χ4n) is 3.42. The predicted molar refractivity (Wildman–Crippen MR) is 119 cm³/mol. The zero-order valence-corrected chi connectivity index (χ0v) is 17.7. The Morgan fingerprint density at radius 2 is 1.47 bits per heavy atom. The van der Waals surface area contributed by atoms with Crippen LogP contribution in [0, 0.1) is 5.92 Å². The van der Waals surface area contributed by atoms with Gasteiger partial charge in [-0.25, -0.2) is 4.79 Å². The van der Waals surface area contributed by atoms with Crippen LogP contribution in [0.2, 0.25) is 0 Å². The average molecular weight is 427 g/mol. The van der Waals surface area contributed by atoms with Gasteiger partial charge in [0, 0.05) is 22.2 Å². The summed E-state index contributed by atoms with van der Waals surface area (Å²) in [7, 11) is 0. The molecule has 0 saturated heterocycles. The fraction of sp³-hybridized carbons (Fsp3) is 0.348. The first-order chi connectivity index (χ1) is 14.4. The number of carboxylic acid groups (broad SMARTS) is 1. The molecule has 3 N–H and O–H groups in total. The van der Waals surface area contributed by atoms with Crippen LogP contribution in [0.5, 0.6) is 0 Å². The molecule has 1 aliphatic rings. The van der Waals surface area contributed by atoms with E-state index in [1.165, 1.54) is 30.3 Å². The van der Waals surface area contributed by atoms with Crippen molar-refractivity contribution in [3.63, 3.8) is 0 Å². The van der Waals surface area contributed by atoms with Crippen molar-refractivity contribution in [3.8, 4) is 0 Å². The fourth-order valence-corrected chi connectivity index (χ4v) is 4.29. The number of anilines is 2. The predicted octanol–water partition coefficient (Wildman–Crippen LogP) is 5.02. The van der Waals surface area contributed by atoms with E-state index in [9.17, 15) is 14.4 Å². The summed E-state index contributed by atoms with van der Waals surface area (Å²) in [6, 6.07) is 13.6. The molecule has 0 spiro atoms. The maximum atomic E-state index is 12.4. The summed E-state index contributed by atoms with van der Waals surface area (Å²) >= 11 is 1.42. The second-order valence-corrected chi connectivity index (χ2v) is 8.89. The highest BCUT2D eigenvalue weighted by molar-refractivity contribution is 8.00. The monoisotopic (exact) mass is 426 g/mol. The van der Waals surface area contributed by atoms with Gasteiger partial charge in [-0.2, -0.15) is 0 Å². The highest BCUT2D eigenvalue weighted by atomic mass is 32.2. The number of carbonyl (C=O) groups is 3. The van der Waals surface area contributed by atoms with Crippen molar-refractivity contribution in [1.29, 1.82) is 0 Å². The zero-order valence-electron chi connectivity index (χ0n) is 16.9. The molecule has 0 bridgehead atoms. The van der Waals surface area contributed by atoms with Crippen LogP contribution in [0.3, 0.4) is 0 Å². The number of rotatable bonds is 7. The average Bonchev–Trinajstić information content (AvgIpc) is 2.76. The van der Waals surface area contributed by atoms with Crippen molar-refractivity contribution in [2.45, 2.75) is 49.2 Å². The molecule has 0 radical (unpaired) electrons. The summed E-state index contributed by atoms with van der Waals surface area (Å²) in [5.41, 5.74) is 1.50. The van der Waals surface area contributed by atoms with Crippen molar-refractivity contribution in [2.75, 3.05) is 10.6 Å². The van der Waals surface area contributed by atoms with E-state index in [2.05, 4.69) is 10.6 Å². The van der Waals surface area contributed by atoms with Crippen LogP contribution in [-0.4, -0.2) is 28.1 Å². The van der Waals surface area contributed by atoms with Crippen molar-refractivity contribution in [3.05, 3.63) is 54.1 Å². The van der Waals surface area contributed by atoms with E-state index < -0.39 is 5.97 Å². The minimum absolute atomic E-state index is 0.0942. The van der Waals surface area contributed by atoms with E-state index >= 15 is 0 Å². The van der Waals surface area contributed by atoms with Crippen molar-refractivity contribution < 1.29 is 19.5 Å². The maximum absolute atomic E-state index is 12.4. The third-order valence-electron chi connectivity index (χ3n) is 5.18. The van der Waals surface area contributed by atoms with Gasteiger partial charge in [0.15, 0.2) is 0 Å². The Kier molecular flexibility index (Phi) is 7.52. The minimum Gasteiger partial charge on any atom is -0.478 e. The molecule has 0 aromatic heterocycles. The highest BCUT2D eigenvalue weighted by Crippen LogP contribution is 2.27. The van der Waals surface area contributed by atoms with Gasteiger partial charge in [0.25, 0.3) is 0 Å². The van der Waals surface area contributed by atoms with Gasteiger partial charge < -0.3 is 15.7 Å². The molecule has 6 nitrogen and oxygen atoms in total. The first-order valence-electron chi connectivity index (χ1n) is 10.1. The summed E-state index contributed by atoms with van der Waals surface area (Å²) < 4.78 is 0. The van der Waals surface area contributed by atoms with Crippen LogP contribution in [0.15, 0.2) is 53.4 Å². The van der Waals surface area contributed by atoms with Gasteiger partial charge in [-0.15, -0.1) is 11.8 Å². The molecule has 0 heterocycles. The molecule has 1 saturated carbocycles. The van der Waals surface area contributed by atoms with Crippen molar-refractivity contribution in [2.24, 2.45) is 5.92 Å². The molecule has 3 rings (SSSR count). The topological polar surface area (TPSA) is 95.5 Å². The summed E-state index contributed by atoms with van der Waals surface area (Å²) in [5.74, 6) is -0.967. The number of carbonyl (C=O) groups excluding carboxylic acids is 2. The Hall–Kier alpha value is -2.80. The van der Waals surface area contributed by atoms with Gasteiger partial charge in [0.1, 0.15) is 0 Å². The molecule has 2 amide bonds. The largest absolute Gasteiger partial charge is 0.478 e. The smallest absolute Gasteiger partial charge is 0.335 e. The number of amides is 2. The second-order valence-electron chi connectivity index (χ2n) is 7.48. The van der Waals surface area contributed by atoms with Gasteiger partial charge in [-0.3, -0.25) is 9.59 Å². The number of hydrogen-bond donors (Lipinski definition) is 3. The molecule has 158 valence electrons. The van der Waals surface area contributed by atoms with Gasteiger partial charge in [-0.1, -0.05) is 19.3 Å². The van der Waals surface area contributed by atoms with Crippen LogP contribution >= 0.6 is 11.8 Å². The van der Waals surface area contributed by atoms with Crippen LogP contribution in [-0.2, 0) is 9.59 Å². The molecule has 30 heavy (non-hydrogen) atoms. The molecule has 7 heteroatoms. The molecule has 1 aliphatic carbocycles. The standard InChI is InChI=1S/C23H26N2O4S/c1-15(21(26)24-18-9-7-17(8-10-18)23(28)29)30-20-13-11-19(12-14-20)25-22(27)16-5-3-2-4-6-16/h7-16H,2-6H2,1H3,(H,24,26)(H,25,27)(H,28,29). The first kappa shape index (κ1) is 21.9. The minimum atomic E-state index is -1.00. The Balaban J connectivity index is 1.50. The summed E-state index contributed by atoms with van der Waals surface area (Å²) in [5, 5.41) is 14.4. The van der Waals surface area contributed by atoms with Crippen LogP contribution in [0.4, 0.5) is 11.4 Å². The normalized spacial score (nSPS) is 15.2. The maximum Gasteiger partial charge on any atom is 0.335 e. The number of thioether (sulfide) groups is 1. The van der Waals surface area contributed by atoms with E-state index in [1.807, 2.05) is 31.2 Å². The number of carboxylic acids is 1. The van der Waals surface area contributed by atoms with Crippen LogP contribution < -0.4 is 10.6 Å². The number of nitrogens with one attached hydrogen (secondary N) is 2. The lowest BCUT2D eigenvalue weighted by Gasteiger charge is -2.20. The summed E-state index contributed by atoms with van der Waals surface area (Å²) in [4.78, 5) is 36.6. The number of aromatic carboxylic acids is 1.